The number of ether oxygens (including phenoxy) is 1. The van der Waals surface area contributed by atoms with Crippen molar-refractivity contribution < 1.29 is 17.9 Å². The van der Waals surface area contributed by atoms with E-state index in [1.165, 1.54) is 16.7 Å². The van der Waals surface area contributed by atoms with Crippen LogP contribution in [0.25, 0.3) is 15.9 Å². The summed E-state index contributed by atoms with van der Waals surface area (Å²) in [5, 5.41) is 0. The summed E-state index contributed by atoms with van der Waals surface area (Å²) >= 11 is 0. The molecule has 3 aromatic rings. The van der Waals surface area contributed by atoms with Gasteiger partial charge < -0.3 is 14.5 Å². The van der Waals surface area contributed by atoms with Crippen molar-refractivity contribution in [2.75, 3.05) is 18.0 Å². The summed E-state index contributed by atoms with van der Waals surface area (Å²) in [5.74, 6) is 0.483. The van der Waals surface area contributed by atoms with Gasteiger partial charge in [-0.05, 0) is 49.1 Å². The molecule has 3 heterocycles. The van der Waals surface area contributed by atoms with Crippen molar-refractivity contribution in [1.29, 1.82) is 0 Å². The van der Waals surface area contributed by atoms with E-state index in [9.17, 15) is 18.0 Å². The van der Waals surface area contributed by atoms with Gasteiger partial charge in [-0.15, -0.1) is 18.2 Å². The number of rotatable bonds is 7. The van der Waals surface area contributed by atoms with Crippen LogP contribution in [-0.2, 0) is 7.05 Å². The van der Waals surface area contributed by atoms with Gasteiger partial charge >= 0.3 is 12.1 Å². The van der Waals surface area contributed by atoms with Crippen LogP contribution in [0.15, 0.2) is 41.2 Å². The van der Waals surface area contributed by atoms with Gasteiger partial charge in [-0.1, -0.05) is 39.5 Å². The van der Waals surface area contributed by atoms with Gasteiger partial charge in [0.1, 0.15) is 5.75 Å². The Bertz CT molecular complexity index is 1380. The van der Waals surface area contributed by atoms with E-state index in [4.69, 9.17) is 6.57 Å². The molecule has 0 unspecified atom stereocenters. The second-order valence-electron chi connectivity index (χ2n) is 9.44. The number of fused-ring (bicyclic) bond motifs is 1. The van der Waals surface area contributed by atoms with Crippen LogP contribution in [0.4, 0.5) is 24.8 Å². The van der Waals surface area contributed by atoms with Crippen molar-refractivity contribution in [3.63, 3.8) is 0 Å². The highest BCUT2D eigenvalue weighted by Gasteiger charge is 2.38. The maximum atomic E-state index is 12.8. The molecule has 202 valence electrons. The fourth-order valence-corrected chi connectivity index (χ4v) is 5.34. The number of piperazine rings is 1. The summed E-state index contributed by atoms with van der Waals surface area (Å²) in [6.07, 6.45) is -2.36. The van der Waals surface area contributed by atoms with Crippen molar-refractivity contribution in [1.82, 2.24) is 19.4 Å². The molecule has 0 amide bonds. The maximum Gasteiger partial charge on any atom is 0.573 e. The number of benzene rings is 1. The van der Waals surface area contributed by atoms with E-state index in [0.717, 1.165) is 24.8 Å². The van der Waals surface area contributed by atoms with E-state index in [1.807, 2.05) is 0 Å². The van der Waals surface area contributed by atoms with Crippen molar-refractivity contribution >= 4 is 22.7 Å². The van der Waals surface area contributed by atoms with E-state index >= 15 is 0 Å². The lowest BCUT2D eigenvalue weighted by Gasteiger charge is -2.49. The third kappa shape index (κ3) is 5.45. The summed E-state index contributed by atoms with van der Waals surface area (Å²) in [6.45, 7) is 14.9. The molecular formula is C27H31F3N6O2. The Labute approximate surface area is 219 Å². The predicted molar refractivity (Wildman–Crippen MR) is 139 cm³/mol. The zero-order valence-corrected chi connectivity index (χ0v) is 21.9. The largest absolute Gasteiger partial charge is 0.573 e. The maximum absolute atomic E-state index is 12.8. The fraction of sp³-hybridized carbons (Fsp3) is 0.481. The number of alkyl halides is 3. The van der Waals surface area contributed by atoms with E-state index in [1.54, 1.807) is 31.3 Å². The van der Waals surface area contributed by atoms with Crippen LogP contribution >= 0.6 is 0 Å². The highest BCUT2D eigenvalue weighted by Crippen LogP contribution is 2.36. The second-order valence-corrected chi connectivity index (χ2v) is 9.44. The smallest absolute Gasteiger partial charge is 0.406 e. The molecule has 1 fully saturated rings. The molecule has 1 aliphatic rings. The molecule has 0 spiro atoms. The van der Waals surface area contributed by atoms with Crippen LogP contribution in [0.2, 0.25) is 0 Å². The number of aromatic nitrogens is 3. The second kappa shape index (κ2) is 11.0. The zero-order valence-electron chi connectivity index (χ0n) is 21.9. The van der Waals surface area contributed by atoms with Crippen LogP contribution in [0, 0.1) is 6.57 Å². The van der Waals surface area contributed by atoms with E-state index < -0.39 is 6.36 Å². The van der Waals surface area contributed by atoms with Crippen molar-refractivity contribution in [3.05, 3.63) is 63.9 Å². The van der Waals surface area contributed by atoms with Gasteiger partial charge in [0.15, 0.2) is 5.82 Å². The third-order valence-corrected chi connectivity index (χ3v) is 7.27. The van der Waals surface area contributed by atoms with Gasteiger partial charge in [0.05, 0.1) is 5.52 Å². The number of anilines is 1. The minimum absolute atomic E-state index is 0.00345. The first-order valence-electron chi connectivity index (χ1n) is 12.7. The minimum Gasteiger partial charge on any atom is -0.406 e. The van der Waals surface area contributed by atoms with Gasteiger partial charge in [-0.25, -0.2) is 4.79 Å². The number of pyridine rings is 1. The Morgan fingerprint density at radius 2 is 1.74 bits per heavy atom. The lowest BCUT2D eigenvalue weighted by atomic mass is 9.95. The number of aryl methyl sites for hydroxylation is 1. The Kier molecular flexibility index (Phi) is 7.92. The van der Waals surface area contributed by atoms with Crippen LogP contribution in [0.1, 0.15) is 51.6 Å². The summed E-state index contributed by atoms with van der Waals surface area (Å²) in [6, 6.07) is 9.54. The summed E-state index contributed by atoms with van der Waals surface area (Å²) in [4.78, 5) is 29.7. The molecule has 0 aliphatic carbocycles. The topological polar surface area (TPSA) is 67.9 Å². The van der Waals surface area contributed by atoms with Crippen LogP contribution in [-0.4, -0.2) is 51.0 Å². The molecule has 11 heteroatoms. The molecular weight excluding hydrogens is 497 g/mol. The van der Waals surface area contributed by atoms with Crippen LogP contribution < -0.4 is 15.3 Å². The van der Waals surface area contributed by atoms with Crippen molar-refractivity contribution in [3.8, 4) is 5.75 Å². The number of hydrogen-bond donors (Lipinski definition) is 0. The van der Waals surface area contributed by atoms with Crippen molar-refractivity contribution in [2.24, 2.45) is 7.05 Å². The van der Waals surface area contributed by atoms with E-state index in [-0.39, 0.29) is 35.4 Å². The Balaban J connectivity index is 1.69. The standard InChI is InChI=1S/C27H31F3N6O2/c1-6-18-16-36(25-24-22(34(5)26(37)33-25)13-14-23(31-4)32-24)19(7-2)15-35(18)21(8-3)17-9-11-20(12-10-17)38-27(28,29)30/h9-14,18-19,21H,6-8,15-16H2,1-3,5H3/t18-,19+,21+/m1/s1. The van der Waals surface area contributed by atoms with Gasteiger partial charge in [0.2, 0.25) is 5.52 Å². The molecule has 1 aromatic carbocycles. The molecule has 4 rings (SSSR count). The van der Waals surface area contributed by atoms with Crippen molar-refractivity contribution in [2.45, 2.75) is 64.5 Å². The molecule has 8 nitrogen and oxygen atoms in total. The highest BCUT2D eigenvalue weighted by molar-refractivity contribution is 5.87. The SMILES string of the molecule is [C-]#[N+]c1ccc2c(n1)c(N1C[C@@H](CC)N([C@@H](CC)c3ccc(OC(F)(F)F)cc3)C[C@@H]1CC)nc(=O)n2C. The van der Waals surface area contributed by atoms with Gasteiger partial charge in [0.25, 0.3) is 5.82 Å². The molecule has 1 saturated heterocycles. The first-order chi connectivity index (χ1) is 18.1. The van der Waals surface area contributed by atoms with Crippen LogP contribution in [0.3, 0.4) is 0 Å². The van der Waals surface area contributed by atoms with Gasteiger partial charge in [-0.2, -0.15) is 4.98 Å². The monoisotopic (exact) mass is 528 g/mol. The Morgan fingerprint density at radius 3 is 2.32 bits per heavy atom. The highest BCUT2D eigenvalue weighted by atomic mass is 19.4. The Morgan fingerprint density at radius 1 is 1.05 bits per heavy atom. The summed E-state index contributed by atoms with van der Waals surface area (Å²) in [5.41, 5.74) is 1.67. The van der Waals surface area contributed by atoms with Gasteiger partial charge in [-0.3, -0.25) is 9.47 Å². The predicted octanol–water partition coefficient (Wildman–Crippen LogP) is 5.61. The normalized spacial score (nSPS) is 19.4. The molecule has 1 aliphatic heterocycles. The number of nitrogens with zero attached hydrogens (tertiary/aromatic N) is 6. The minimum atomic E-state index is -4.73. The number of hydrogen-bond acceptors (Lipinski definition) is 6. The molecule has 2 aromatic heterocycles. The average Bonchev–Trinajstić information content (AvgIpc) is 2.90. The number of halogens is 3. The third-order valence-electron chi connectivity index (χ3n) is 7.27. The average molecular weight is 529 g/mol. The molecule has 0 bridgehead atoms. The summed E-state index contributed by atoms with van der Waals surface area (Å²) < 4.78 is 43.3. The first-order valence-corrected chi connectivity index (χ1v) is 12.7. The fourth-order valence-electron chi connectivity index (χ4n) is 5.34. The molecule has 0 N–H and O–H groups in total. The molecule has 38 heavy (non-hydrogen) atoms. The molecule has 0 radical (unpaired) electrons. The molecule has 0 saturated carbocycles. The lowest BCUT2D eigenvalue weighted by molar-refractivity contribution is -0.274. The molecule has 3 atom stereocenters. The first kappa shape index (κ1) is 27.4. The lowest BCUT2D eigenvalue weighted by Crippen LogP contribution is -2.59. The van der Waals surface area contributed by atoms with Crippen LogP contribution in [0.5, 0.6) is 5.75 Å². The zero-order chi connectivity index (χ0) is 27.6. The quantitative estimate of drug-likeness (QED) is 0.372. The van der Waals surface area contributed by atoms with E-state index in [2.05, 4.69) is 50.1 Å². The van der Waals surface area contributed by atoms with E-state index in [0.29, 0.717) is 29.9 Å². The van der Waals surface area contributed by atoms with Gasteiger partial charge in [0, 0.05) is 38.3 Å². The summed E-state index contributed by atoms with van der Waals surface area (Å²) in [7, 11) is 1.64. The Hall–Kier alpha value is -3.65.